The van der Waals surface area contributed by atoms with E-state index in [4.69, 9.17) is 0 Å². The average molecular weight is 247 g/mol. The van der Waals surface area contributed by atoms with Gasteiger partial charge in [-0.05, 0) is 62.1 Å². The molecule has 1 heterocycles. The van der Waals surface area contributed by atoms with E-state index in [1.165, 1.54) is 48.4 Å². The SMILES string of the molecule is Cc1ccc(SN2CC3CCCC3C2)c(C)c1. The molecule has 0 spiro atoms. The van der Waals surface area contributed by atoms with Crippen LogP contribution in [0.25, 0.3) is 0 Å². The molecule has 0 bridgehead atoms. The van der Waals surface area contributed by atoms with Crippen LogP contribution >= 0.6 is 11.9 Å². The summed E-state index contributed by atoms with van der Waals surface area (Å²) < 4.78 is 2.59. The largest absolute Gasteiger partial charge is 0.246 e. The summed E-state index contributed by atoms with van der Waals surface area (Å²) in [5, 5.41) is 0. The molecule has 0 aromatic heterocycles. The van der Waals surface area contributed by atoms with E-state index in [9.17, 15) is 0 Å². The molecule has 1 nitrogen and oxygen atoms in total. The lowest BCUT2D eigenvalue weighted by molar-refractivity contribution is 0.494. The Labute approximate surface area is 109 Å². The molecular weight excluding hydrogens is 226 g/mol. The molecule has 3 rings (SSSR count). The van der Waals surface area contributed by atoms with E-state index < -0.39 is 0 Å². The molecule has 1 saturated carbocycles. The van der Waals surface area contributed by atoms with Crippen LogP contribution in [-0.2, 0) is 0 Å². The van der Waals surface area contributed by atoms with Crippen molar-refractivity contribution in [3.05, 3.63) is 29.3 Å². The first-order valence-corrected chi connectivity index (χ1v) is 7.50. The molecule has 2 heteroatoms. The molecule has 0 amide bonds. The van der Waals surface area contributed by atoms with Crippen molar-refractivity contribution in [2.24, 2.45) is 11.8 Å². The highest BCUT2D eigenvalue weighted by Crippen LogP contribution is 2.42. The van der Waals surface area contributed by atoms with Gasteiger partial charge in [0.1, 0.15) is 0 Å². The van der Waals surface area contributed by atoms with Crippen molar-refractivity contribution in [1.29, 1.82) is 0 Å². The molecule has 92 valence electrons. The normalized spacial score (nSPS) is 28.6. The fourth-order valence-corrected chi connectivity index (χ4v) is 4.45. The third-order valence-corrected chi connectivity index (χ3v) is 5.46. The summed E-state index contributed by atoms with van der Waals surface area (Å²) in [6, 6.07) is 6.80. The molecule has 2 atom stereocenters. The van der Waals surface area contributed by atoms with Crippen LogP contribution in [0.4, 0.5) is 0 Å². The first kappa shape index (κ1) is 11.6. The second-order valence-electron chi connectivity index (χ2n) is 5.66. The molecular formula is C15H21NS. The van der Waals surface area contributed by atoms with Gasteiger partial charge in [0.05, 0.1) is 0 Å². The van der Waals surface area contributed by atoms with Gasteiger partial charge in [0.15, 0.2) is 0 Å². The Morgan fingerprint density at radius 3 is 2.47 bits per heavy atom. The zero-order chi connectivity index (χ0) is 11.8. The van der Waals surface area contributed by atoms with Gasteiger partial charge in [-0.25, -0.2) is 4.31 Å². The number of hydrogen-bond donors (Lipinski definition) is 0. The second kappa shape index (κ2) is 4.66. The summed E-state index contributed by atoms with van der Waals surface area (Å²) >= 11 is 1.98. The minimum atomic E-state index is 0.994. The van der Waals surface area contributed by atoms with Gasteiger partial charge in [-0.3, -0.25) is 0 Å². The molecule has 1 aromatic carbocycles. The molecule has 17 heavy (non-hydrogen) atoms. The summed E-state index contributed by atoms with van der Waals surface area (Å²) in [6.07, 6.45) is 4.40. The Kier molecular flexibility index (Phi) is 3.18. The number of aryl methyl sites for hydroxylation is 2. The topological polar surface area (TPSA) is 3.24 Å². The van der Waals surface area contributed by atoms with Crippen molar-refractivity contribution < 1.29 is 0 Å². The monoisotopic (exact) mass is 247 g/mol. The van der Waals surface area contributed by atoms with E-state index in [1.807, 2.05) is 11.9 Å². The van der Waals surface area contributed by atoms with E-state index in [1.54, 1.807) is 0 Å². The number of rotatable bonds is 2. The fourth-order valence-electron chi connectivity index (χ4n) is 3.31. The lowest BCUT2D eigenvalue weighted by Gasteiger charge is -2.17. The van der Waals surface area contributed by atoms with Crippen LogP contribution in [-0.4, -0.2) is 17.4 Å². The lowest BCUT2D eigenvalue weighted by atomic mass is 10.0. The van der Waals surface area contributed by atoms with Crippen LogP contribution in [0, 0.1) is 25.7 Å². The van der Waals surface area contributed by atoms with Crippen LogP contribution in [0.15, 0.2) is 23.1 Å². The second-order valence-corrected chi connectivity index (χ2v) is 6.80. The molecule has 0 N–H and O–H groups in total. The Morgan fingerprint density at radius 1 is 1.12 bits per heavy atom. The highest BCUT2D eigenvalue weighted by Gasteiger charge is 2.36. The summed E-state index contributed by atoms with van der Waals surface area (Å²) in [5.41, 5.74) is 2.79. The van der Waals surface area contributed by atoms with E-state index >= 15 is 0 Å². The van der Waals surface area contributed by atoms with E-state index in [0.717, 1.165) is 11.8 Å². The predicted octanol–water partition coefficient (Wildman–Crippen LogP) is 4.04. The predicted molar refractivity (Wildman–Crippen MR) is 74.2 cm³/mol. The quantitative estimate of drug-likeness (QED) is 0.726. The molecule has 1 saturated heterocycles. The smallest absolute Gasteiger partial charge is 0.0259 e. The number of nitrogens with zero attached hydrogens (tertiary/aromatic N) is 1. The Balaban J connectivity index is 1.67. The van der Waals surface area contributed by atoms with Crippen LogP contribution in [0.1, 0.15) is 30.4 Å². The van der Waals surface area contributed by atoms with Crippen molar-refractivity contribution in [3.63, 3.8) is 0 Å². The Morgan fingerprint density at radius 2 is 1.82 bits per heavy atom. The van der Waals surface area contributed by atoms with Crippen molar-refractivity contribution in [3.8, 4) is 0 Å². The highest BCUT2D eigenvalue weighted by molar-refractivity contribution is 7.97. The average Bonchev–Trinajstić information content (AvgIpc) is 2.82. The highest BCUT2D eigenvalue weighted by atomic mass is 32.2. The maximum atomic E-state index is 2.59. The van der Waals surface area contributed by atoms with Gasteiger partial charge in [-0.15, -0.1) is 0 Å². The van der Waals surface area contributed by atoms with Crippen LogP contribution < -0.4 is 0 Å². The minimum Gasteiger partial charge on any atom is -0.246 e. The van der Waals surface area contributed by atoms with Crippen molar-refractivity contribution >= 4 is 11.9 Å². The van der Waals surface area contributed by atoms with Crippen molar-refractivity contribution in [2.45, 2.75) is 38.0 Å². The number of benzene rings is 1. The molecule has 2 unspecified atom stereocenters. The summed E-state index contributed by atoms with van der Waals surface area (Å²) in [7, 11) is 0. The van der Waals surface area contributed by atoms with Crippen LogP contribution in [0.5, 0.6) is 0 Å². The summed E-state index contributed by atoms with van der Waals surface area (Å²) in [6.45, 7) is 7.01. The molecule has 1 aliphatic carbocycles. The number of fused-ring (bicyclic) bond motifs is 1. The first-order chi connectivity index (χ1) is 8.22. The summed E-state index contributed by atoms with van der Waals surface area (Å²) in [4.78, 5) is 1.44. The first-order valence-electron chi connectivity index (χ1n) is 6.72. The fraction of sp³-hybridized carbons (Fsp3) is 0.600. The van der Waals surface area contributed by atoms with Crippen LogP contribution in [0.3, 0.4) is 0 Å². The molecule has 1 aromatic rings. The van der Waals surface area contributed by atoms with Crippen molar-refractivity contribution in [2.75, 3.05) is 13.1 Å². The zero-order valence-electron chi connectivity index (χ0n) is 10.8. The van der Waals surface area contributed by atoms with E-state index in [-0.39, 0.29) is 0 Å². The molecule has 0 radical (unpaired) electrons. The molecule has 1 aliphatic heterocycles. The van der Waals surface area contributed by atoms with Crippen LogP contribution in [0.2, 0.25) is 0 Å². The lowest BCUT2D eigenvalue weighted by Crippen LogP contribution is -2.12. The van der Waals surface area contributed by atoms with Crippen molar-refractivity contribution in [1.82, 2.24) is 4.31 Å². The summed E-state index contributed by atoms with van der Waals surface area (Å²) in [5.74, 6) is 1.99. The third kappa shape index (κ3) is 2.38. The Bertz CT molecular complexity index is 403. The van der Waals surface area contributed by atoms with Gasteiger partial charge in [0.2, 0.25) is 0 Å². The van der Waals surface area contributed by atoms with E-state index in [2.05, 4.69) is 36.4 Å². The molecule has 2 aliphatic rings. The maximum absolute atomic E-state index is 2.59. The number of hydrogen-bond acceptors (Lipinski definition) is 2. The molecule has 2 fully saturated rings. The van der Waals surface area contributed by atoms with Gasteiger partial charge in [0.25, 0.3) is 0 Å². The van der Waals surface area contributed by atoms with Gasteiger partial charge >= 0.3 is 0 Å². The third-order valence-electron chi connectivity index (χ3n) is 4.25. The van der Waals surface area contributed by atoms with Gasteiger partial charge in [0, 0.05) is 18.0 Å². The van der Waals surface area contributed by atoms with E-state index in [0.29, 0.717) is 0 Å². The Hall–Kier alpha value is -0.470. The van der Waals surface area contributed by atoms with Gasteiger partial charge in [-0.1, -0.05) is 24.1 Å². The maximum Gasteiger partial charge on any atom is 0.0259 e. The minimum absolute atomic E-state index is 0.994. The van der Waals surface area contributed by atoms with Gasteiger partial charge in [-0.2, -0.15) is 0 Å². The zero-order valence-corrected chi connectivity index (χ0v) is 11.6. The van der Waals surface area contributed by atoms with Gasteiger partial charge < -0.3 is 0 Å². The standard InChI is InChI=1S/C15H21NS/c1-11-6-7-15(12(2)8-11)17-16-9-13-4-3-5-14(13)10-16/h6-8,13-14H,3-5,9-10H2,1-2H3.